The molecule has 6 nitrogen and oxygen atoms in total. The summed E-state index contributed by atoms with van der Waals surface area (Å²) in [5, 5.41) is 24.1. The number of hydrogen-bond acceptors (Lipinski definition) is 5. The van der Waals surface area contributed by atoms with Crippen LogP contribution in [0, 0.1) is 0 Å². The Kier molecular flexibility index (Phi) is 4.74. The van der Waals surface area contributed by atoms with Crippen molar-refractivity contribution in [2.24, 2.45) is 4.99 Å². The van der Waals surface area contributed by atoms with Crippen LogP contribution in [0.1, 0.15) is 25.3 Å². The second-order valence-electron chi connectivity index (χ2n) is 5.04. The highest BCUT2D eigenvalue weighted by Gasteiger charge is 2.36. The first-order valence-electron chi connectivity index (χ1n) is 6.69. The minimum Gasteiger partial charge on any atom is -0.478 e. The summed E-state index contributed by atoms with van der Waals surface area (Å²) in [4.78, 5) is 27.2. The first-order valence-corrected chi connectivity index (χ1v) is 7.10. The molecule has 118 valence electrons. The van der Waals surface area contributed by atoms with Crippen molar-refractivity contribution in [3.05, 3.63) is 52.4 Å². The number of hydrogen-bond donors (Lipinski definition) is 3. The lowest BCUT2D eigenvalue weighted by molar-refractivity contribution is -0.133. The van der Waals surface area contributed by atoms with E-state index in [0.29, 0.717) is 22.6 Å². The average molecular weight is 330 g/mol. The molecular weight excluding hydrogens is 316 g/mol. The number of nitrogens with one attached hydrogen (secondary N) is 1. The summed E-state index contributed by atoms with van der Waals surface area (Å²) in [6.45, 7) is 3.22. The Balaban J connectivity index is 2.71. The maximum absolute atomic E-state index is 11.7. The van der Waals surface area contributed by atoms with Crippen LogP contribution in [0.15, 0.2) is 51.8 Å². The van der Waals surface area contributed by atoms with Crippen LogP contribution in [0.4, 0.5) is 5.69 Å². The van der Waals surface area contributed by atoms with E-state index < -0.39 is 17.9 Å². The summed E-state index contributed by atoms with van der Waals surface area (Å²) in [7, 11) is 0. The van der Waals surface area contributed by atoms with Gasteiger partial charge >= 0.3 is 11.9 Å². The van der Waals surface area contributed by atoms with E-state index in [1.807, 2.05) is 0 Å². The fourth-order valence-corrected chi connectivity index (χ4v) is 2.83. The molecule has 0 aromatic heterocycles. The molecule has 0 radical (unpaired) electrons. The molecule has 0 aliphatic carbocycles. The summed E-state index contributed by atoms with van der Waals surface area (Å²) in [6.07, 6.45) is 0. The van der Waals surface area contributed by atoms with Crippen molar-refractivity contribution >= 4 is 35.0 Å². The van der Waals surface area contributed by atoms with Gasteiger partial charge in [0.15, 0.2) is 0 Å². The molecule has 0 saturated carbocycles. The van der Waals surface area contributed by atoms with Gasteiger partial charge < -0.3 is 15.5 Å². The third-order valence-corrected chi connectivity index (χ3v) is 3.69. The number of nitrogens with zero attached hydrogens (tertiary/aromatic N) is 1. The quantitative estimate of drug-likeness (QED) is 0.580. The van der Waals surface area contributed by atoms with Crippen molar-refractivity contribution in [3.8, 4) is 0 Å². The number of carboxylic acids is 2. The number of aliphatic imine (C=N–C) groups is 1. The standard InChI is InChI=1S/C16H14N2O4S/c1-8-12(15(19)20)14(13(16(21)22)9(2)18-8)10-4-3-5-11(6-10)17-7-23/h3-6,14,18H,1-2H3,(H,19,20)(H,21,22). The summed E-state index contributed by atoms with van der Waals surface area (Å²) in [6, 6.07) is 6.64. The minimum atomic E-state index is -1.17. The van der Waals surface area contributed by atoms with Crippen LogP contribution >= 0.6 is 12.2 Å². The maximum Gasteiger partial charge on any atom is 0.334 e. The van der Waals surface area contributed by atoms with Gasteiger partial charge in [-0.05, 0) is 43.8 Å². The third kappa shape index (κ3) is 3.21. The van der Waals surface area contributed by atoms with E-state index in [1.54, 1.807) is 38.1 Å². The number of benzene rings is 1. The lowest BCUT2D eigenvalue weighted by Crippen LogP contribution is -2.30. The number of carbonyl (C=O) groups is 2. The number of isothiocyanates is 1. The Hall–Kier alpha value is -2.76. The fourth-order valence-electron chi connectivity index (χ4n) is 2.72. The summed E-state index contributed by atoms with van der Waals surface area (Å²) in [5.41, 5.74) is 1.82. The smallest absolute Gasteiger partial charge is 0.334 e. The Morgan fingerprint density at radius 1 is 1.17 bits per heavy atom. The highest BCUT2D eigenvalue weighted by Crippen LogP contribution is 2.39. The van der Waals surface area contributed by atoms with Crippen molar-refractivity contribution in [2.45, 2.75) is 19.8 Å². The molecular formula is C16H14N2O4S. The largest absolute Gasteiger partial charge is 0.478 e. The van der Waals surface area contributed by atoms with Gasteiger partial charge in [0.25, 0.3) is 0 Å². The zero-order valence-electron chi connectivity index (χ0n) is 12.5. The van der Waals surface area contributed by atoms with E-state index in [2.05, 4.69) is 27.7 Å². The Morgan fingerprint density at radius 2 is 1.74 bits per heavy atom. The van der Waals surface area contributed by atoms with E-state index in [9.17, 15) is 19.8 Å². The van der Waals surface area contributed by atoms with Crippen LogP contribution in [0.25, 0.3) is 0 Å². The van der Waals surface area contributed by atoms with Crippen molar-refractivity contribution < 1.29 is 19.8 Å². The molecule has 0 unspecified atom stereocenters. The second-order valence-corrected chi connectivity index (χ2v) is 5.23. The third-order valence-electron chi connectivity index (χ3n) is 3.60. The zero-order valence-corrected chi connectivity index (χ0v) is 13.3. The topological polar surface area (TPSA) is 99.0 Å². The van der Waals surface area contributed by atoms with Gasteiger partial charge in [-0.2, -0.15) is 4.99 Å². The number of dihydropyridines is 1. The highest BCUT2D eigenvalue weighted by atomic mass is 32.1. The van der Waals surface area contributed by atoms with E-state index in [4.69, 9.17) is 0 Å². The van der Waals surface area contributed by atoms with Gasteiger partial charge in [-0.3, -0.25) is 0 Å². The van der Waals surface area contributed by atoms with Gasteiger partial charge in [-0.25, -0.2) is 9.59 Å². The van der Waals surface area contributed by atoms with Gasteiger partial charge in [-0.1, -0.05) is 12.1 Å². The summed E-state index contributed by atoms with van der Waals surface area (Å²) in [5.74, 6) is -3.24. The van der Waals surface area contributed by atoms with Crippen LogP contribution in [-0.2, 0) is 9.59 Å². The first-order chi connectivity index (χ1) is 10.9. The summed E-state index contributed by atoms with van der Waals surface area (Å²) >= 11 is 4.57. The van der Waals surface area contributed by atoms with E-state index in [-0.39, 0.29) is 11.1 Å². The van der Waals surface area contributed by atoms with Crippen LogP contribution in [0.2, 0.25) is 0 Å². The number of carboxylic acid groups (broad SMARTS) is 2. The molecule has 1 aromatic carbocycles. The van der Waals surface area contributed by atoms with Crippen LogP contribution in [0.3, 0.4) is 0 Å². The fraction of sp³-hybridized carbons (Fsp3) is 0.188. The van der Waals surface area contributed by atoms with Gasteiger partial charge in [0.05, 0.1) is 27.9 Å². The summed E-state index contributed by atoms with van der Waals surface area (Å²) < 4.78 is 0. The Bertz CT molecular complexity index is 768. The first kappa shape index (κ1) is 16.6. The van der Waals surface area contributed by atoms with Crippen LogP contribution < -0.4 is 5.32 Å². The predicted octanol–water partition coefficient (Wildman–Crippen LogP) is 2.82. The number of allylic oxidation sites excluding steroid dienone is 2. The molecule has 23 heavy (non-hydrogen) atoms. The van der Waals surface area contributed by atoms with E-state index in [0.717, 1.165) is 0 Å². The molecule has 1 heterocycles. The second kappa shape index (κ2) is 6.56. The van der Waals surface area contributed by atoms with Gasteiger partial charge in [-0.15, -0.1) is 0 Å². The average Bonchev–Trinajstić information content (AvgIpc) is 2.46. The molecule has 1 aliphatic rings. The number of aliphatic carboxylic acids is 2. The van der Waals surface area contributed by atoms with Gasteiger partial charge in [0, 0.05) is 11.4 Å². The zero-order chi connectivity index (χ0) is 17.1. The predicted molar refractivity (Wildman–Crippen MR) is 87.7 cm³/mol. The molecule has 0 fully saturated rings. The van der Waals surface area contributed by atoms with Crippen molar-refractivity contribution in [1.29, 1.82) is 0 Å². The van der Waals surface area contributed by atoms with E-state index in [1.165, 1.54) is 0 Å². The molecule has 0 saturated heterocycles. The molecule has 0 spiro atoms. The normalized spacial score (nSPS) is 15.0. The number of rotatable bonds is 4. The van der Waals surface area contributed by atoms with Crippen molar-refractivity contribution in [3.63, 3.8) is 0 Å². The molecule has 2 rings (SSSR count). The lowest BCUT2D eigenvalue weighted by atomic mass is 9.80. The maximum atomic E-state index is 11.7. The SMILES string of the molecule is CC1=C(C(=O)O)C(c2cccc(N=C=S)c2)C(C(=O)O)=C(C)N1. The minimum absolute atomic E-state index is 0.00326. The van der Waals surface area contributed by atoms with Gasteiger partial charge in [0.2, 0.25) is 0 Å². The van der Waals surface area contributed by atoms with Gasteiger partial charge in [0.1, 0.15) is 0 Å². The molecule has 0 atom stereocenters. The number of thiocarbonyl (C=S) groups is 1. The Morgan fingerprint density at radius 3 is 2.22 bits per heavy atom. The van der Waals surface area contributed by atoms with Crippen LogP contribution in [-0.4, -0.2) is 27.3 Å². The van der Waals surface area contributed by atoms with Crippen LogP contribution in [0.5, 0.6) is 0 Å². The van der Waals surface area contributed by atoms with Crippen molar-refractivity contribution in [1.82, 2.24) is 5.32 Å². The lowest BCUT2D eigenvalue weighted by Gasteiger charge is -2.28. The molecule has 0 bridgehead atoms. The van der Waals surface area contributed by atoms with E-state index >= 15 is 0 Å². The molecule has 1 aliphatic heterocycles. The van der Waals surface area contributed by atoms with Crippen molar-refractivity contribution in [2.75, 3.05) is 0 Å². The molecule has 0 amide bonds. The highest BCUT2D eigenvalue weighted by molar-refractivity contribution is 7.78. The Labute approximate surface area is 137 Å². The monoisotopic (exact) mass is 330 g/mol. The molecule has 3 N–H and O–H groups in total. The molecule has 7 heteroatoms. The molecule has 1 aromatic rings.